The number of fused-ring (bicyclic) bond motifs is 1. The molecule has 1 heterocycles. The maximum Gasteiger partial charge on any atom is 0.247 e. The Labute approximate surface area is 142 Å². The van der Waals surface area contributed by atoms with Gasteiger partial charge in [0.2, 0.25) is 15.9 Å². The third kappa shape index (κ3) is 3.43. The van der Waals surface area contributed by atoms with Crippen LogP contribution in [0.1, 0.15) is 12.0 Å². The predicted molar refractivity (Wildman–Crippen MR) is 95.7 cm³/mol. The number of nitrogens with zero attached hydrogens (tertiary/aromatic N) is 2. The van der Waals surface area contributed by atoms with E-state index in [1.165, 1.54) is 0 Å². The molecule has 0 saturated carbocycles. The first kappa shape index (κ1) is 16.5. The van der Waals surface area contributed by atoms with Crippen molar-refractivity contribution in [1.29, 1.82) is 0 Å². The average Bonchev–Trinajstić information content (AvgIpc) is 2.58. The Kier molecular flexibility index (Phi) is 4.57. The number of rotatable bonds is 4. The van der Waals surface area contributed by atoms with Gasteiger partial charge >= 0.3 is 0 Å². The predicted octanol–water partition coefficient (Wildman–Crippen LogP) is 2.43. The molecule has 1 aliphatic heterocycles. The van der Waals surface area contributed by atoms with E-state index >= 15 is 0 Å². The van der Waals surface area contributed by atoms with Gasteiger partial charge in [-0.15, -0.1) is 0 Å². The fraction of sp³-hybridized carbons (Fsp3) is 0.278. The fourth-order valence-electron chi connectivity index (χ4n) is 3.00. The molecule has 0 aliphatic carbocycles. The van der Waals surface area contributed by atoms with Gasteiger partial charge in [-0.2, -0.15) is 0 Å². The number of benzene rings is 2. The van der Waals surface area contributed by atoms with Crippen LogP contribution in [0.15, 0.2) is 54.6 Å². The van der Waals surface area contributed by atoms with Crippen molar-refractivity contribution < 1.29 is 13.2 Å². The highest BCUT2D eigenvalue weighted by molar-refractivity contribution is 7.92. The van der Waals surface area contributed by atoms with E-state index < -0.39 is 10.0 Å². The van der Waals surface area contributed by atoms with Gasteiger partial charge in [0.25, 0.3) is 0 Å². The average molecular weight is 344 g/mol. The minimum Gasteiger partial charge on any atom is -0.311 e. The van der Waals surface area contributed by atoms with E-state index in [0.29, 0.717) is 12.2 Å². The number of hydrogen-bond donors (Lipinski definition) is 0. The Morgan fingerprint density at radius 2 is 1.75 bits per heavy atom. The molecular formula is C18H20N2O3S. The molecule has 0 unspecified atom stereocenters. The zero-order valence-electron chi connectivity index (χ0n) is 13.6. The van der Waals surface area contributed by atoms with Gasteiger partial charge < -0.3 is 4.90 Å². The number of anilines is 2. The van der Waals surface area contributed by atoms with Gasteiger partial charge in [-0.05, 0) is 36.6 Å². The summed E-state index contributed by atoms with van der Waals surface area (Å²) < 4.78 is 25.5. The first-order valence-corrected chi connectivity index (χ1v) is 9.73. The molecule has 126 valence electrons. The second-order valence-electron chi connectivity index (χ2n) is 5.88. The number of para-hydroxylation sites is 2. The van der Waals surface area contributed by atoms with E-state index in [1.807, 2.05) is 30.3 Å². The van der Waals surface area contributed by atoms with Gasteiger partial charge in [0.1, 0.15) is 6.54 Å². The number of aryl methyl sites for hydroxylation is 1. The topological polar surface area (TPSA) is 57.7 Å². The largest absolute Gasteiger partial charge is 0.311 e. The molecule has 2 aromatic carbocycles. The highest BCUT2D eigenvalue weighted by atomic mass is 32.2. The molecule has 5 nitrogen and oxygen atoms in total. The van der Waals surface area contributed by atoms with Gasteiger partial charge in [0.15, 0.2) is 0 Å². The van der Waals surface area contributed by atoms with Crippen LogP contribution in [0.3, 0.4) is 0 Å². The normalized spacial score (nSPS) is 14.1. The minimum atomic E-state index is -3.54. The van der Waals surface area contributed by atoms with E-state index in [-0.39, 0.29) is 12.5 Å². The summed E-state index contributed by atoms with van der Waals surface area (Å²) in [7, 11) is -3.54. The summed E-state index contributed by atoms with van der Waals surface area (Å²) in [4.78, 5) is 14.5. The Bertz CT molecular complexity index is 834. The maximum atomic E-state index is 12.8. The second kappa shape index (κ2) is 6.65. The zero-order chi connectivity index (χ0) is 17.2. The number of hydrogen-bond acceptors (Lipinski definition) is 3. The molecule has 0 radical (unpaired) electrons. The van der Waals surface area contributed by atoms with Crippen LogP contribution in [0.2, 0.25) is 0 Å². The molecular weight excluding hydrogens is 324 g/mol. The molecule has 24 heavy (non-hydrogen) atoms. The molecule has 6 heteroatoms. The Balaban J connectivity index is 1.88. The molecule has 0 saturated heterocycles. The molecule has 0 N–H and O–H groups in total. The van der Waals surface area contributed by atoms with E-state index in [4.69, 9.17) is 0 Å². The Morgan fingerprint density at radius 1 is 1.08 bits per heavy atom. The fourth-order valence-corrected chi connectivity index (χ4v) is 3.84. The summed E-state index contributed by atoms with van der Waals surface area (Å²) in [5.41, 5.74) is 2.51. The molecule has 1 amide bonds. The van der Waals surface area contributed by atoms with Crippen LogP contribution in [-0.2, 0) is 21.2 Å². The van der Waals surface area contributed by atoms with Gasteiger partial charge in [-0.25, -0.2) is 8.42 Å². The lowest BCUT2D eigenvalue weighted by Gasteiger charge is -2.31. The van der Waals surface area contributed by atoms with E-state index in [0.717, 1.165) is 34.7 Å². The standard InChI is InChI=1S/C18H20N2O3S/c1-24(22,23)20(16-10-3-2-4-11-16)14-18(21)19-13-7-9-15-8-5-6-12-17(15)19/h2-6,8,10-12H,7,9,13-14H2,1H3. The van der Waals surface area contributed by atoms with Crippen LogP contribution in [0, 0.1) is 0 Å². The van der Waals surface area contributed by atoms with Crippen LogP contribution in [0.25, 0.3) is 0 Å². The summed E-state index contributed by atoms with van der Waals surface area (Å²) >= 11 is 0. The van der Waals surface area contributed by atoms with E-state index in [9.17, 15) is 13.2 Å². The van der Waals surface area contributed by atoms with Gasteiger partial charge in [0.05, 0.1) is 11.9 Å². The van der Waals surface area contributed by atoms with Gasteiger partial charge in [-0.3, -0.25) is 9.10 Å². The monoisotopic (exact) mass is 344 g/mol. The van der Waals surface area contributed by atoms with Gasteiger partial charge in [-0.1, -0.05) is 36.4 Å². The lowest BCUT2D eigenvalue weighted by Crippen LogP contribution is -2.44. The number of sulfonamides is 1. The van der Waals surface area contributed by atoms with Crippen molar-refractivity contribution in [3.05, 3.63) is 60.2 Å². The van der Waals surface area contributed by atoms with E-state index in [2.05, 4.69) is 0 Å². The minimum absolute atomic E-state index is 0.197. The van der Waals surface area contributed by atoms with Gasteiger partial charge in [0, 0.05) is 12.2 Å². The summed E-state index contributed by atoms with van der Waals surface area (Å²) in [6.07, 6.45) is 2.94. The summed E-state index contributed by atoms with van der Waals surface area (Å²) in [6, 6.07) is 16.5. The SMILES string of the molecule is CS(=O)(=O)N(CC(=O)N1CCCc2ccccc21)c1ccccc1. The third-order valence-corrected chi connectivity index (χ3v) is 5.28. The van der Waals surface area contributed by atoms with Crippen molar-refractivity contribution >= 4 is 27.3 Å². The summed E-state index contributed by atoms with van der Waals surface area (Å²) in [5.74, 6) is -0.212. The first-order chi connectivity index (χ1) is 11.5. The van der Waals surface area contributed by atoms with Crippen LogP contribution in [0.5, 0.6) is 0 Å². The van der Waals surface area contributed by atoms with Crippen molar-refractivity contribution in [3.8, 4) is 0 Å². The highest BCUT2D eigenvalue weighted by Gasteiger charge is 2.27. The van der Waals surface area contributed by atoms with Crippen LogP contribution in [-0.4, -0.2) is 33.7 Å². The number of carbonyl (C=O) groups is 1. The van der Waals surface area contributed by atoms with Crippen molar-refractivity contribution in [3.63, 3.8) is 0 Å². The first-order valence-electron chi connectivity index (χ1n) is 7.88. The molecule has 2 aromatic rings. The quantitative estimate of drug-likeness (QED) is 0.856. The second-order valence-corrected chi connectivity index (χ2v) is 7.79. The van der Waals surface area contributed by atoms with E-state index in [1.54, 1.807) is 29.2 Å². The summed E-state index contributed by atoms with van der Waals surface area (Å²) in [5, 5.41) is 0. The zero-order valence-corrected chi connectivity index (χ0v) is 14.4. The molecule has 0 spiro atoms. The Morgan fingerprint density at radius 3 is 2.46 bits per heavy atom. The van der Waals surface area contributed by atoms with Crippen molar-refractivity contribution in [2.45, 2.75) is 12.8 Å². The molecule has 0 fully saturated rings. The maximum absolute atomic E-state index is 12.8. The molecule has 0 atom stereocenters. The van der Waals surface area contributed by atoms with Crippen LogP contribution in [0.4, 0.5) is 11.4 Å². The molecule has 3 rings (SSSR count). The van der Waals surface area contributed by atoms with Crippen molar-refractivity contribution in [2.24, 2.45) is 0 Å². The highest BCUT2D eigenvalue weighted by Crippen LogP contribution is 2.27. The lowest BCUT2D eigenvalue weighted by molar-refractivity contribution is -0.117. The van der Waals surface area contributed by atoms with Crippen LogP contribution >= 0.6 is 0 Å². The lowest BCUT2D eigenvalue weighted by atomic mass is 10.0. The molecule has 1 aliphatic rings. The van der Waals surface area contributed by atoms with Crippen molar-refractivity contribution in [1.82, 2.24) is 0 Å². The number of carbonyl (C=O) groups excluding carboxylic acids is 1. The smallest absolute Gasteiger partial charge is 0.247 e. The van der Waals surface area contributed by atoms with Crippen molar-refractivity contribution in [2.75, 3.05) is 28.6 Å². The molecule has 0 bridgehead atoms. The third-order valence-electron chi connectivity index (χ3n) is 4.13. The molecule has 0 aromatic heterocycles. The summed E-state index contributed by atoms with van der Waals surface area (Å²) in [6.45, 7) is 0.416. The van der Waals surface area contributed by atoms with Crippen LogP contribution < -0.4 is 9.21 Å². The Hall–Kier alpha value is -2.34. The number of amides is 1.